The fourth-order valence-corrected chi connectivity index (χ4v) is 3.24. The number of aromatic nitrogens is 2. The summed E-state index contributed by atoms with van der Waals surface area (Å²) in [5.41, 5.74) is -0.485. The van der Waals surface area contributed by atoms with Crippen molar-refractivity contribution in [2.45, 2.75) is 5.16 Å². The number of nitriles is 1. The number of rotatable bonds is 2. The van der Waals surface area contributed by atoms with E-state index in [-0.39, 0.29) is 16.8 Å². The van der Waals surface area contributed by atoms with Gasteiger partial charge in [-0.05, 0) is 29.2 Å². The number of fused-ring (bicyclic) bond motifs is 1. The molecule has 7 heteroatoms. The molecule has 0 saturated carbocycles. The summed E-state index contributed by atoms with van der Waals surface area (Å²) in [6.07, 6.45) is 1.74. The van der Waals surface area contributed by atoms with Gasteiger partial charge in [-0.3, -0.25) is 4.79 Å². The van der Waals surface area contributed by atoms with Gasteiger partial charge in [0, 0.05) is 5.56 Å². The number of nitrogens with zero attached hydrogens (tertiary/aromatic N) is 2. The molecule has 0 aliphatic heterocycles. The maximum Gasteiger partial charge on any atom is 0.270 e. The van der Waals surface area contributed by atoms with Gasteiger partial charge in [-0.2, -0.15) is 5.26 Å². The van der Waals surface area contributed by atoms with Gasteiger partial charge in [0.2, 0.25) is 0 Å². The molecule has 1 N–H and O–H groups in total. The highest BCUT2D eigenvalue weighted by molar-refractivity contribution is 7.98. The lowest BCUT2D eigenvalue weighted by molar-refractivity contribution is 0.644. The van der Waals surface area contributed by atoms with Crippen LogP contribution in [0.1, 0.15) is 5.56 Å². The monoisotopic (exact) mass is 317 g/mol. The molecule has 1 aromatic carbocycles. The molecule has 3 rings (SSSR count). The van der Waals surface area contributed by atoms with Crippen LogP contribution in [0.25, 0.3) is 21.3 Å². The maximum absolute atomic E-state index is 14.6. The molecule has 0 aliphatic rings. The Morgan fingerprint density at radius 3 is 2.95 bits per heavy atom. The molecule has 104 valence electrons. The Bertz CT molecular complexity index is 940. The minimum absolute atomic E-state index is 0.0819. The second-order valence-electron chi connectivity index (χ2n) is 4.18. The Kier molecular flexibility index (Phi) is 3.49. The third-order valence-electron chi connectivity index (χ3n) is 3.02. The predicted octanol–water partition coefficient (Wildman–Crippen LogP) is 3.38. The zero-order valence-electron chi connectivity index (χ0n) is 10.8. The van der Waals surface area contributed by atoms with Gasteiger partial charge in [-0.1, -0.05) is 17.8 Å². The van der Waals surface area contributed by atoms with Crippen LogP contribution in [0.2, 0.25) is 0 Å². The van der Waals surface area contributed by atoms with Gasteiger partial charge >= 0.3 is 0 Å². The number of hydrogen-bond donors (Lipinski definition) is 1. The van der Waals surface area contributed by atoms with Crippen molar-refractivity contribution >= 4 is 33.2 Å². The topological polar surface area (TPSA) is 69.5 Å². The largest absolute Gasteiger partial charge is 0.300 e. The summed E-state index contributed by atoms with van der Waals surface area (Å²) in [5, 5.41) is 12.1. The number of H-pyrrole nitrogens is 1. The minimum atomic E-state index is -0.558. The van der Waals surface area contributed by atoms with Gasteiger partial charge in [-0.15, -0.1) is 11.3 Å². The number of aromatic amines is 1. The quantitative estimate of drug-likeness (QED) is 0.581. The van der Waals surface area contributed by atoms with E-state index in [1.54, 1.807) is 29.8 Å². The maximum atomic E-state index is 14.6. The molecule has 3 aromatic rings. The van der Waals surface area contributed by atoms with Crippen molar-refractivity contribution in [1.29, 1.82) is 5.26 Å². The fraction of sp³-hybridized carbons (Fsp3) is 0.0714. The molecular formula is C14H8FN3OS2. The lowest BCUT2D eigenvalue weighted by Gasteiger charge is -2.07. The molecular weight excluding hydrogens is 309 g/mol. The summed E-state index contributed by atoms with van der Waals surface area (Å²) >= 11 is 2.50. The van der Waals surface area contributed by atoms with Crippen molar-refractivity contribution < 1.29 is 4.39 Å². The fourth-order valence-electron chi connectivity index (χ4n) is 2.03. The molecule has 0 bridgehead atoms. The first-order chi connectivity index (χ1) is 10.2. The third-order valence-corrected chi connectivity index (χ3v) is 4.52. The zero-order chi connectivity index (χ0) is 15.0. The Hall–Kier alpha value is -2.17. The molecule has 0 aliphatic carbocycles. The molecule has 0 unspecified atom stereocenters. The van der Waals surface area contributed by atoms with E-state index < -0.39 is 11.4 Å². The highest BCUT2D eigenvalue weighted by atomic mass is 32.2. The summed E-state index contributed by atoms with van der Waals surface area (Å²) in [7, 11) is 0. The van der Waals surface area contributed by atoms with Gasteiger partial charge in [0.25, 0.3) is 5.56 Å². The summed E-state index contributed by atoms with van der Waals surface area (Å²) < 4.78 is 15.1. The molecule has 0 amide bonds. The van der Waals surface area contributed by atoms with Crippen LogP contribution < -0.4 is 5.56 Å². The summed E-state index contributed by atoms with van der Waals surface area (Å²) in [4.78, 5) is 18.6. The second-order valence-corrected chi connectivity index (χ2v) is 5.89. The third kappa shape index (κ3) is 2.22. The first-order valence-electron chi connectivity index (χ1n) is 5.90. The lowest BCUT2D eigenvalue weighted by Crippen LogP contribution is -2.15. The number of thioether (sulfide) groups is 1. The van der Waals surface area contributed by atoms with Crippen LogP contribution in [0, 0.1) is 17.1 Å². The molecule has 0 spiro atoms. The number of benzene rings is 1. The van der Waals surface area contributed by atoms with Gasteiger partial charge in [0.15, 0.2) is 5.16 Å². The number of thiophene rings is 1. The van der Waals surface area contributed by atoms with Crippen molar-refractivity contribution in [3.63, 3.8) is 0 Å². The van der Waals surface area contributed by atoms with E-state index in [0.29, 0.717) is 9.86 Å². The van der Waals surface area contributed by atoms with Crippen molar-refractivity contribution in [1.82, 2.24) is 9.97 Å². The predicted molar refractivity (Wildman–Crippen MR) is 82.1 cm³/mol. The SMILES string of the molecule is CSc1nc(-c2ccc3ccsc3c2F)c(C#N)c(=O)[nH]1. The average Bonchev–Trinajstić information content (AvgIpc) is 2.96. The molecule has 0 atom stereocenters. The zero-order valence-corrected chi connectivity index (χ0v) is 12.4. The molecule has 0 radical (unpaired) electrons. The Morgan fingerprint density at radius 1 is 1.43 bits per heavy atom. The van der Waals surface area contributed by atoms with E-state index in [1.807, 2.05) is 6.07 Å². The first kappa shape index (κ1) is 13.8. The Morgan fingerprint density at radius 2 is 2.24 bits per heavy atom. The smallest absolute Gasteiger partial charge is 0.270 e. The molecule has 21 heavy (non-hydrogen) atoms. The van der Waals surface area contributed by atoms with Gasteiger partial charge in [0.05, 0.1) is 10.4 Å². The number of hydrogen-bond acceptors (Lipinski definition) is 5. The minimum Gasteiger partial charge on any atom is -0.300 e. The first-order valence-corrected chi connectivity index (χ1v) is 8.00. The van der Waals surface area contributed by atoms with Gasteiger partial charge < -0.3 is 4.98 Å². The van der Waals surface area contributed by atoms with Crippen molar-refractivity contribution in [3.8, 4) is 17.3 Å². The number of nitrogens with one attached hydrogen (secondary N) is 1. The van der Waals surface area contributed by atoms with Crippen LogP contribution in [0.3, 0.4) is 0 Å². The molecule has 0 fully saturated rings. The van der Waals surface area contributed by atoms with E-state index in [9.17, 15) is 9.18 Å². The van der Waals surface area contributed by atoms with Gasteiger partial charge in [-0.25, -0.2) is 9.37 Å². The Balaban J connectivity index is 2.37. The van der Waals surface area contributed by atoms with E-state index in [1.165, 1.54) is 23.1 Å². The standard InChI is InChI=1S/C14H8FN3OS2/c1-20-14-17-11(9(6-16)13(19)18-14)8-3-2-7-4-5-21-12(7)10(8)15/h2-5H,1H3,(H,17,18,19). The van der Waals surface area contributed by atoms with Crippen molar-refractivity contribution in [3.05, 3.63) is 45.3 Å². The van der Waals surface area contributed by atoms with E-state index in [0.717, 1.165) is 5.39 Å². The van der Waals surface area contributed by atoms with E-state index in [4.69, 9.17) is 5.26 Å². The van der Waals surface area contributed by atoms with Gasteiger partial charge in [0.1, 0.15) is 17.4 Å². The molecule has 2 heterocycles. The van der Waals surface area contributed by atoms with Crippen molar-refractivity contribution in [2.24, 2.45) is 0 Å². The van der Waals surface area contributed by atoms with E-state index in [2.05, 4.69) is 9.97 Å². The molecule has 4 nitrogen and oxygen atoms in total. The summed E-state index contributed by atoms with van der Waals surface area (Å²) in [6.45, 7) is 0. The molecule has 0 saturated heterocycles. The Labute approximate surface area is 127 Å². The average molecular weight is 317 g/mol. The van der Waals surface area contributed by atoms with Crippen molar-refractivity contribution in [2.75, 3.05) is 6.26 Å². The molecule has 2 aromatic heterocycles. The normalized spacial score (nSPS) is 10.7. The summed E-state index contributed by atoms with van der Waals surface area (Å²) in [6, 6.07) is 6.93. The van der Waals surface area contributed by atoms with Crippen LogP contribution in [-0.4, -0.2) is 16.2 Å². The summed E-state index contributed by atoms with van der Waals surface area (Å²) in [5.74, 6) is -0.454. The van der Waals surface area contributed by atoms with E-state index >= 15 is 0 Å². The van der Waals surface area contributed by atoms with Crippen LogP contribution in [0.5, 0.6) is 0 Å². The second kappa shape index (κ2) is 5.31. The highest BCUT2D eigenvalue weighted by Gasteiger charge is 2.18. The van der Waals surface area contributed by atoms with Crippen LogP contribution in [0.4, 0.5) is 4.39 Å². The van der Waals surface area contributed by atoms with Crippen LogP contribution in [0.15, 0.2) is 33.5 Å². The number of halogens is 1. The van der Waals surface area contributed by atoms with Crippen LogP contribution in [-0.2, 0) is 0 Å². The van der Waals surface area contributed by atoms with Crippen LogP contribution >= 0.6 is 23.1 Å². The lowest BCUT2D eigenvalue weighted by atomic mass is 10.1. The highest BCUT2D eigenvalue weighted by Crippen LogP contribution is 2.32.